The number of halogens is 1. The summed E-state index contributed by atoms with van der Waals surface area (Å²) in [5.74, 6) is 0.251. The molecule has 108 valence electrons. The number of aryl methyl sites for hydroxylation is 1. The van der Waals surface area contributed by atoms with Gasteiger partial charge >= 0.3 is 0 Å². The van der Waals surface area contributed by atoms with Crippen molar-refractivity contribution in [3.8, 4) is 0 Å². The Balaban J connectivity index is 2.33. The smallest absolute Gasteiger partial charge is 0.244 e. The molecule has 1 saturated heterocycles. The van der Waals surface area contributed by atoms with Crippen LogP contribution in [0.4, 0.5) is 0 Å². The van der Waals surface area contributed by atoms with E-state index < -0.39 is 10.0 Å². The van der Waals surface area contributed by atoms with Crippen LogP contribution < -0.4 is 0 Å². The van der Waals surface area contributed by atoms with E-state index in [1.807, 2.05) is 19.4 Å². The number of hydrogen-bond donors (Lipinski definition) is 0. The van der Waals surface area contributed by atoms with Gasteiger partial charge in [-0.2, -0.15) is 4.31 Å². The van der Waals surface area contributed by atoms with E-state index in [4.69, 9.17) is 11.6 Å². The highest BCUT2D eigenvalue weighted by molar-refractivity contribution is 7.89. The van der Waals surface area contributed by atoms with Gasteiger partial charge in [0.25, 0.3) is 0 Å². The molecule has 0 atom stereocenters. The third-order valence-corrected chi connectivity index (χ3v) is 7.18. The highest BCUT2D eigenvalue weighted by atomic mass is 35.5. The Morgan fingerprint density at radius 1 is 1.32 bits per heavy atom. The van der Waals surface area contributed by atoms with Gasteiger partial charge in [0.2, 0.25) is 10.0 Å². The summed E-state index contributed by atoms with van der Waals surface area (Å²) >= 11 is 7.29. The van der Waals surface area contributed by atoms with Crippen molar-refractivity contribution >= 4 is 33.0 Å². The number of hydrogen-bond acceptors (Lipinski definition) is 4. The Morgan fingerprint density at radius 3 is 2.74 bits per heavy atom. The molecule has 2 rings (SSSR count). The lowest BCUT2D eigenvalue weighted by Gasteiger charge is -2.21. The molecular weight excluding hydrogens is 304 g/mol. The molecule has 0 amide bonds. The maximum atomic E-state index is 12.8. The second-order valence-corrected chi connectivity index (χ2v) is 7.97. The number of sulfonamides is 1. The molecule has 0 saturated carbocycles. The van der Waals surface area contributed by atoms with Gasteiger partial charge in [-0.25, -0.2) is 8.42 Å². The van der Waals surface area contributed by atoms with Crippen LogP contribution in [0.25, 0.3) is 0 Å². The summed E-state index contributed by atoms with van der Waals surface area (Å²) in [5.41, 5.74) is 0.804. The minimum Gasteiger partial charge on any atom is -0.305 e. The van der Waals surface area contributed by atoms with E-state index in [-0.39, 0.29) is 5.88 Å². The van der Waals surface area contributed by atoms with Crippen LogP contribution in [-0.2, 0) is 15.9 Å². The summed E-state index contributed by atoms with van der Waals surface area (Å²) < 4.78 is 27.1. The minimum absolute atomic E-state index is 0.251. The largest absolute Gasteiger partial charge is 0.305 e. The average molecular weight is 323 g/mol. The summed E-state index contributed by atoms with van der Waals surface area (Å²) in [5, 5.41) is 1.87. The van der Waals surface area contributed by atoms with E-state index in [1.165, 1.54) is 11.3 Å². The van der Waals surface area contributed by atoms with Crippen LogP contribution in [0.15, 0.2) is 10.3 Å². The Hall–Kier alpha value is -0.140. The molecule has 2 heterocycles. The number of rotatable bonds is 3. The van der Waals surface area contributed by atoms with Crippen molar-refractivity contribution in [1.29, 1.82) is 0 Å². The van der Waals surface area contributed by atoms with Crippen molar-refractivity contribution in [2.75, 3.05) is 33.2 Å². The van der Waals surface area contributed by atoms with E-state index in [9.17, 15) is 8.42 Å². The molecule has 0 bridgehead atoms. The molecule has 0 aromatic carbocycles. The molecule has 4 nitrogen and oxygen atoms in total. The Labute approximate surface area is 124 Å². The fourth-order valence-corrected chi connectivity index (χ4v) is 5.80. The van der Waals surface area contributed by atoms with Crippen LogP contribution in [-0.4, -0.2) is 50.8 Å². The molecule has 1 fully saturated rings. The van der Waals surface area contributed by atoms with E-state index in [0.29, 0.717) is 18.0 Å². The first-order valence-electron chi connectivity index (χ1n) is 6.28. The topological polar surface area (TPSA) is 40.6 Å². The lowest BCUT2D eigenvalue weighted by Crippen LogP contribution is -2.35. The lowest BCUT2D eigenvalue weighted by atomic mass is 10.3. The highest BCUT2D eigenvalue weighted by Gasteiger charge is 2.30. The number of likely N-dealkylation sites (N-methyl/N-ethyl adjacent to an activating group) is 1. The van der Waals surface area contributed by atoms with Crippen LogP contribution in [0.1, 0.15) is 16.9 Å². The normalized spacial score (nSPS) is 19.5. The molecule has 19 heavy (non-hydrogen) atoms. The molecule has 0 radical (unpaired) electrons. The van der Waals surface area contributed by atoms with E-state index in [2.05, 4.69) is 4.90 Å². The number of alkyl halides is 1. The van der Waals surface area contributed by atoms with Gasteiger partial charge in [-0.3, -0.25) is 0 Å². The van der Waals surface area contributed by atoms with Gasteiger partial charge in [0.1, 0.15) is 4.90 Å². The van der Waals surface area contributed by atoms with Gasteiger partial charge in [0, 0.05) is 24.5 Å². The van der Waals surface area contributed by atoms with Gasteiger partial charge in [-0.05, 0) is 37.9 Å². The molecule has 1 aromatic rings. The van der Waals surface area contributed by atoms with Gasteiger partial charge in [0.05, 0.1) is 5.88 Å². The molecular formula is C12H19ClN2O2S2. The third-order valence-electron chi connectivity index (χ3n) is 3.39. The predicted octanol–water partition coefficient (Wildman–Crippen LogP) is 2.12. The van der Waals surface area contributed by atoms with Crippen LogP contribution in [0.2, 0.25) is 0 Å². The van der Waals surface area contributed by atoms with Crippen molar-refractivity contribution in [3.63, 3.8) is 0 Å². The number of nitrogens with zero attached hydrogens (tertiary/aromatic N) is 2. The summed E-state index contributed by atoms with van der Waals surface area (Å²) in [6.45, 7) is 4.69. The van der Waals surface area contributed by atoms with Crippen molar-refractivity contribution < 1.29 is 8.42 Å². The first kappa shape index (κ1) is 15.3. The van der Waals surface area contributed by atoms with Gasteiger partial charge in [-0.1, -0.05) is 0 Å². The second kappa shape index (κ2) is 6.10. The lowest BCUT2D eigenvalue weighted by molar-refractivity contribution is 0.347. The second-order valence-electron chi connectivity index (χ2n) is 4.87. The minimum atomic E-state index is -3.41. The first-order chi connectivity index (χ1) is 8.96. The predicted molar refractivity (Wildman–Crippen MR) is 79.5 cm³/mol. The summed E-state index contributed by atoms with van der Waals surface area (Å²) in [4.78, 5) is 3.34. The summed E-state index contributed by atoms with van der Waals surface area (Å²) in [6.07, 6.45) is 0.870. The monoisotopic (exact) mass is 322 g/mol. The molecule has 0 N–H and O–H groups in total. The first-order valence-corrected chi connectivity index (χ1v) is 9.14. The Kier molecular flexibility index (Phi) is 4.89. The zero-order valence-corrected chi connectivity index (χ0v) is 13.6. The highest BCUT2D eigenvalue weighted by Crippen LogP contribution is 2.31. The summed E-state index contributed by atoms with van der Waals surface area (Å²) in [6, 6.07) is 0. The maximum Gasteiger partial charge on any atom is 0.244 e. The standard InChI is InChI=1S/C12H19ClN2O2S2/c1-10-9-18-11(8-13)12(10)19(16,17)15-5-3-4-14(2)6-7-15/h9H,3-8H2,1-2H3. The fraction of sp³-hybridized carbons (Fsp3) is 0.667. The summed E-state index contributed by atoms with van der Waals surface area (Å²) in [7, 11) is -1.38. The third kappa shape index (κ3) is 3.13. The van der Waals surface area contributed by atoms with E-state index in [1.54, 1.807) is 4.31 Å². The molecule has 0 spiro atoms. The van der Waals surface area contributed by atoms with Gasteiger partial charge < -0.3 is 4.90 Å². The van der Waals surface area contributed by atoms with Crippen molar-refractivity contribution in [2.24, 2.45) is 0 Å². The molecule has 0 aliphatic carbocycles. The van der Waals surface area contributed by atoms with Crippen molar-refractivity contribution in [2.45, 2.75) is 24.1 Å². The van der Waals surface area contributed by atoms with Gasteiger partial charge in [0.15, 0.2) is 0 Å². The molecule has 7 heteroatoms. The quantitative estimate of drug-likeness (QED) is 0.800. The zero-order valence-electron chi connectivity index (χ0n) is 11.2. The van der Waals surface area contributed by atoms with Crippen LogP contribution >= 0.6 is 22.9 Å². The Bertz CT molecular complexity index is 542. The zero-order chi connectivity index (χ0) is 14.0. The fourth-order valence-electron chi connectivity index (χ4n) is 2.32. The van der Waals surface area contributed by atoms with Crippen LogP contribution in [0.3, 0.4) is 0 Å². The van der Waals surface area contributed by atoms with Gasteiger partial charge in [-0.15, -0.1) is 22.9 Å². The SMILES string of the molecule is Cc1csc(CCl)c1S(=O)(=O)N1CCCN(C)CC1. The molecule has 0 unspecified atom stereocenters. The van der Waals surface area contributed by atoms with E-state index >= 15 is 0 Å². The average Bonchev–Trinajstić information content (AvgIpc) is 2.60. The van der Waals surface area contributed by atoms with Crippen molar-refractivity contribution in [1.82, 2.24) is 9.21 Å². The molecule has 1 aliphatic rings. The molecule has 1 aliphatic heterocycles. The van der Waals surface area contributed by atoms with E-state index in [0.717, 1.165) is 30.0 Å². The van der Waals surface area contributed by atoms with Crippen molar-refractivity contribution in [3.05, 3.63) is 15.8 Å². The molecule has 1 aromatic heterocycles. The maximum absolute atomic E-state index is 12.8. The number of thiophene rings is 1. The van der Waals surface area contributed by atoms with Crippen LogP contribution in [0, 0.1) is 6.92 Å². The van der Waals surface area contributed by atoms with Crippen LogP contribution in [0.5, 0.6) is 0 Å². The Morgan fingerprint density at radius 2 is 2.05 bits per heavy atom.